The van der Waals surface area contributed by atoms with Crippen molar-refractivity contribution in [3.8, 4) is 0 Å². The van der Waals surface area contributed by atoms with E-state index in [4.69, 9.17) is 0 Å². The fourth-order valence-corrected chi connectivity index (χ4v) is 4.34. The van der Waals surface area contributed by atoms with Crippen molar-refractivity contribution in [1.82, 2.24) is 4.90 Å². The average Bonchev–Trinajstić information content (AvgIpc) is 2.76. The molecule has 0 radical (unpaired) electrons. The Balaban J connectivity index is 1.76. The minimum Gasteiger partial charge on any atom is -0.426 e. The first-order valence-corrected chi connectivity index (χ1v) is 10.1. The summed E-state index contributed by atoms with van der Waals surface area (Å²) in [7, 11) is 0. The largest absolute Gasteiger partial charge is 0.434 e. The van der Waals surface area contributed by atoms with E-state index in [0.29, 0.717) is 12.8 Å². The Morgan fingerprint density at radius 1 is 0.844 bits per heavy atom. The number of nitrogens with zero attached hydrogens (tertiary/aromatic N) is 1. The number of carbonyl (C=O) groups is 1. The van der Waals surface area contributed by atoms with Crippen LogP contribution in [0.5, 0.6) is 0 Å². The van der Waals surface area contributed by atoms with Gasteiger partial charge in [0.2, 0.25) is 0 Å². The quantitative estimate of drug-likeness (QED) is 0.500. The number of halogens is 6. The van der Waals surface area contributed by atoms with Gasteiger partial charge in [-0.25, -0.2) is 4.79 Å². The minimum atomic E-state index is -5.73. The molecule has 1 fully saturated rings. The molecule has 1 aliphatic rings. The van der Waals surface area contributed by atoms with Gasteiger partial charge in [-0.15, -0.1) is 0 Å². The van der Waals surface area contributed by atoms with E-state index < -0.39 is 30.0 Å². The zero-order chi connectivity index (χ0) is 23.6. The molecule has 9 heteroatoms. The third kappa shape index (κ3) is 5.02. The lowest BCUT2D eigenvalue weighted by molar-refractivity contribution is -0.308. The lowest BCUT2D eigenvalue weighted by Crippen LogP contribution is -2.50. The van der Waals surface area contributed by atoms with Crippen LogP contribution in [0.15, 0.2) is 60.7 Å². The van der Waals surface area contributed by atoms with Gasteiger partial charge in [0.05, 0.1) is 0 Å². The van der Waals surface area contributed by atoms with Gasteiger partial charge in [-0.1, -0.05) is 67.6 Å². The zero-order valence-electron chi connectivity index (χ0n) is 17.3. The Labute approximate surface area is 182 Å². The smallest absolute Gasteiger partial charge is 0.426 e. The van der Waals surface area contributed by atoms with Gasteiger partial charge in [-0.05, 0) is 29.9 Å². The normalized spacial score (nSPS) is 16.3. The Hall–Kier alpha value is -2.71. The van der Waals surface area contributed by atoms with Gasteiger partial charge in [0, 0.05) is 18.5 Å². The highest BCUT2D eigenvalue weighted by atomic mass is 19.4. The van der Waals surface area contributed by atoms with Crippen LogP contribution in [0.4, 0.5) is 31.1 Å². The summed E-state index contributed by atoms with van der Waals surface area (Å²) in [5, 5.41) is 0. The second kappa shape index (κ2) is 9.03. The Bertz CT molecular complexity index is 837. The molecule has 0 N–H and O–H groups in total. The molecule has 1 saturated heterocycles. The summed E-state index contributed by atoms with van der Waals surface area (Å²) < 4.78 is 80.2. The van der Waals surface area contributed by atoms with Gasteiger partial charge >= 0.3 is 18.4 Å². The molecule has 0 spiro atoms. The Morgan fingerprint density at radius 2 is 1.25 bits per heavy atom. The first-order valence-electron chi connectivity index (χ1n) is 10.1. The molecule has 1 aliphatic heterocycles. The first kappa shape index (κ1) is 23.9. The molecule has 1 heterocycles. The van der Waals surface area contributed by atoms with Crippen LogP contribution in [0.3, 0.4) is 0 Å². The molecule has 3 rings (SSSR count). The van der Waals surface area contributed by atoms with Gasteiger partial charge < -0.3 is 9.64 Å². The van der Waals surface area contributed by atoms with Gasteiger partial charge in [-0.3, -0.25) is 0 Å². The number of benzene rings is 2. The Morgan fingerprint density at radius 3 is 1.62 bits per heavy atom. The van der Waals surface area contributed by atoms with Crippen molar-refractivity contribution in [1.29, 1.82) is 0 Å². The SMILES string of the molecule is CC(c1ccccc1)(c1ccccc1)C1CCN(C(=O)OC(C(F)(F)F)C(F)(F)F)CC1. The van der Waals surface area contributed by atoms with Crippen LogP contribution in [0.2, 0.25) is 0 Å². The summed E-state index contributed by atoms with van der Waals surface area (Å²) in [5.41, 5.74) is 1.64. The van der Waals surface area contributed by atoms with E-state index >= 15 is 0 Å². The highest BCUT2D eigenvalue weighted by Gasteiger charge is 2.60. The zero-order valence-corrected chi connectivity index (χ0v) is 17.3. The van der Waals surface area contributed by atoms with Crippen LogP contribution >= 0.6 is 0 Å². The van der Waals surface area contributed by atoms with E-state index in [0.717, 1.165) is 16.0 Å². The van der Waals surface area contributed by atoms with E-state index in [2.05, 4.69) is 11.7 Å². The summed E-state index contributed by atoms with van der Waals surface area (Å²) in [6, 6.07) is 19.4. The lowest BCUT2D eigenvalue weighted by Gasteiger charge is -2.43. The topological polar surface area (TPSA) is 29.5 Å². The molecule has 0 unspecified atom stereocenters. The van der Waals surface area contributed by atoms with Gasteiger partial charge in [0.25, 0.3) is 6.10 Å². The summed E-state index contributed by atoms with van der Waals surface area (Å²) in [6.45, 7) is 2.07. The molecule has 0 aliphatic carbocycles. The van der Waals surface area contributed by atoms with Gasteiger partial charge in [-0.2, -0.15) is 26.3 Å². The second-order valence-electron chi connectivity index (χ2n) is 8.04. The number of alkyl halides is 6. The number of amides is 1. The molecule has 0 bridgehead atoms. The highest BCUT2D eigenvalue weighted by Crippen LogP contribution is 2.44. The number of hydrogen-bond acceptors (Lipinski definition) is 2. The minimum absolute atomic E-state index is 0.00118. The van der Waals surface area contributed by atoms with Crippen LogP contribution in [-0.2, 0) is 10.2 Å². The molecule has 0 saturated carbocycles. The van der Waals surface area contributed by atoms with E-state index in [9.17, 15) is 31.1 Å². The van der Waals surface area contributed by atoms with E-state index in [1.165, 1.54) is 0 Å². The van der Waals surface area contributed by atoms with Gasteiger partial charge in [0.15, 0.2) is 0 Å². The number of likely N-dealkylation sites (tertiary alicyclic amines) is 1. The lowest BCUT2D eigenvalue weighted by atomic mass is 9.64. The summed E-state index contributed by atoms with van der Waals surface area (Å²) >= 11 is 0. The summed E-state index contributed by atoms with van der Waals surface area (Å²) in [5.74, 6) is 0.0115. The van der Waals surface area contributed by atoms with Crippen molar-refractivity contribution in [2.24, 2.45) is 5.92 Å². The molecular formula is C23H23F6NO2. The van der Waals surface area contributed by atoms with Crippen LogP contribution in [0.25, 0.3) is 0 Å². The molecule has 0 aromatic heterocycles. The maximum Gasteiger partial charge on any atom is 0.434 e. The maximum atomic E-state index is 12.7. The standard InChI is InChI=1S/C23H23F6NO2/c1-21(16-8-4-2-5-9-16,17-10-6-3-7-11-17)18-12-14-30(15-13-18)20(31)32-19(22(24,25)26)23(27,28)29/h2-11,18-19H,12-15H2,1H3. The van der Waals surface area contributed by atoms with Crippen molar-refractivity contribution >= 4 is 6.09 Å². The summed E-state index contributed by atoms with van der Waals surface area (Å²) in [6.07, 6.45) is -16.4. The highest BCUT2D eigenvalue weighted by molar-refractivity contribution is 5.68. The summed E-state index contributed by atoms with van der Waals surface area (Å²) in [4.78, 5) is 13.0. The second-order valence-corrected chi connectivity index (χ2v) is 8.04. The van der Waals surface area contributed by atoms with Crippen LogP contribution in [-0.4, -0.2) is 42.5 Å². The fourth-order valence-electron chi connectivity index (χ4n) is 4.34. The number of ether oxygens (including phenoxy) is 1. The number of hydrogen-bond donors (Lipinski definition) is 0. The monoisotopic (exact) mass is 459 g/mol. The van der Waals surface area contributed by atoms with E-state index in [1.54, 1.807) is 0 Å². The van der Waals surface area contributed by atoms with Crippen LogP contribution in [0, 0.1) is 5.92 Å². The van der Waals surface area contributed by atoms with Crippen molar-refractivity contribution in [3.05, 3.63) is 71.8 Å². The third-order valence-corrected chi connectivity index (χ3v) is 6.13. The molecule has 32 heavy (non-hydrogen) atoms. The van der Waals surface area contributed by atoms with Crippen molar-refractivity contribution in [2.45, 2.75) is 43.6 Å². The van der Waals surface area contributed by atoms with Crippen molar-refractivity contribution in [3.63, 3.8) is 0 Å². The predicted octanol–water partition coefficient (Wildman–Crippen LogP) is 6.33. The predicted molar refractivity (Wildman–Crippen MR) is 106 cm³/mol. The first-order chi connectivity index (χ1) is 14.9. The number of piperidine rings is 1. The van der Waals surface area contributed by atoms with Gasteiger partial charge in [0.1, 0.15) is 0 Å². The fraction of sp³-hybridized carbons (Fsp3) is 0.435. The molecular weight excluding hydrogens is 436 g/mol. The van der Waals surface area contributed by atoms with Crippen molar-refractivity contribution in [2.75, 3.05) is 13.1 Å². The van der Waals surface area contributed by atoms with Crippen LogP contribution < -0.4 is 0 Å². The number of rotatable bonds is 4. The van der Waals surface area contributed by atoms with E-state index in [1.807, 2.05) is 60.7 Å². The molecule has 1 amide bonds. The molecule has 174 valence electrons. The number of carbonyl (C=O) groups excluding carboxylic acids is 1. The molecule has 3 nitrogen and oxygen atoms in total. The van der Waals surface area contributed by atoms with E-state index in [-0.39, 0.29) is 19.0 Å². The third-order valence-electron chi connectivity index (χ3n) is 6.13. The molecule has 0 atom stereocenters. The maximum absolute atomic E-state index is 12.7. The van der Waals surface area contributed by atoms with Crippen LogP contribution in [0.1, 0.15) is 30.9 Å². The Kier molecular flexibility index (Phi) is 6.76. The molecule has 2 aromatic carbocycles. The molecule has 2 aromatic rings. The van der Waals surface area contributed by atoms with Crippen molar-refractivity contribution < 1.29 is 35.9 Å². The average molecular weight is 459 g/mol.